The third kappa shape index (κ3) is 3.37. The van der Waals surface area contributed by atoms with Gasteiger partial charge < -0.3 is 10.4 Å². The fourth-order valence-electron chi connectivity index (χ4n) is 1.09. The zero-order chi connectivity index (χ0) is 13.1. The molecular formula is C9H12ClF2N3O2. The Morgan fingerprint density at radius 3 is 2.82 bits per heavy atom. The molecule has 0 unspecified atom stereocenters. The van der Waals surface area contributed by atoms with Crippen LogP contribution in [0.3, 0.4) is 0 Å². The van der Waals surface area contributed by atoms with Gasteiger partial charge >= 0.3 is 0 Å². The van der Waals surface area contributed by atoms with E-state index in [1.807, 2.05) is 0 Å². The van der Waals surface area contributed by atoms with Crippen molar-refractivity contribution in [2.45, 2.75) is 19.4 Å². The van der Waals surface area contributed by atoms with Crippen molar-refractivity contribution in [2.75, 3.05) is 18.5 Å². The number of hydrogen-bond acceptors (Lipinski definition) is 4. The Hall–Kier alpha value is -1.21. The van der Waals surface area contributed by atoms with Gasteiger partial charge in [-0.15, -0.1) is 0 Å². The SMILES string of the molecule is CCn1ncc(NCC(F)(F)CO)c(Cl)c1=O. The number of aliphatic hydroxyl groups is 1. The Balaban J connectivity index is 2.87. The molecule has 0 aromatic carbocycles. The van der Waals surface area contributed by atoms with Crippen LogP contribution in [0.25, 0.3) is 0 Å². The molecule has 0 atom stereocenters. The highest BCUT2D eigenvalue weighted by Crippen LogP contribution is 2.18. The molecule has 2 N–H and O–H groups in total. The van der Waals surface area contributed by atoms with Crippen molar-refractivity contribution in [2.24, 2.45) is 0 Å². The molecule has 0 radical (unpaired) electrons. The van der Waals surface area contributed by atoms with Crippen LogP contribution in [0.5, 0.6) is 0 Å². The second kappa shape index (κ2) is 5.42. The summed E-state index contributed by atoms with van der Waals surface area (Å²) in [7, 11) is 0. The Kier molecular flexibility index (Phi) is 4.41. The van der Waals surface area contributed by atoms with Crippen molar-refractivity contribution in [3.8, 4) is 0 Å². The summed E-state index contributed by atoms with van der Waals surface area (Å²) in [4.78, 5) is 11.5. The molecule has 17 heavy (non-hydrogen) atoms. The fraction of sp³-hybridized carbons (Fsp3) is 0.556. The second-order valence-electron chi connectivity index (χ2n) is 3.36. The van der Waals surface area contributed by atoms with E-state index in [-0.39, 0.29) is 10.7 Å². The van der Waals surface area contributed by atoms with Gasteiger partial charge in [0, 0.05) is 6.54 Å². The molecule has 1 aromatic heterocycles. The quantitative estimate of drug-likeness (QED) is 0.834. The van der Waals surface area contributed by atoms with E-state index in [0.29, 0.717) is 6.54 Å². The number of aryl methyl sites for hydroxylation is 1. The Morgan fingerprint density at radius 2 is 2.29 bits per heavy atom. The minimum Gasteiger partial charge on any atom is -0.390 e. The lowest BCUT2D eigenvalue weighted by atomic mass is 10.3. The summed E-state index contributed by atoms with van der Waals surface area (Å²) in [5.74, 6) is -3.27. The van der Waals surface area contributed by atoms with Crippen LogP contribution in [0.4, 0.5) is 14.5 Å². The fourth-order valence-corrected chi connectivity index (χ4v) is 1.31. The average molecular weight is 268 g/mol. The van der Waals surface area contributed by atoms with Crippen LogP contribution in [-0.2, 0) is 6.54 Å². The summed E-state index contributed by atoms with van der Waals surface area (Å²) in [5, 5.41) is 14.2. The molecule has 0 amide bonds. The van der Waals surface area contributed by atoms with Crippen LogP contribution in [0, 0.1) is 0 Å². The Morgan fingerprint density at radius 1 is 1.65 bits per heavy atom. The molecule has 1 rings (SSSR count). The van der Waals surface area contributed by atoms with Crippen molar-refractivity contribution in [1.29, 1.82) is 0 Å². The molecule has 8 heteroatoms. The second-order valence-corrected chi connectivity index (χ2v) is 3.74. The molecule has 0 saturated heterocycles. The number of nitrogens with one attached hydrogen (secondary N) is 1. The maximum absolute atomic E-state index is 12.8. The largest absolute Gasteiger partial charge is 0.390 e. The molecule has 96 valence electrons. The number of hydrogen-bond donors (Lipinski definition) is 2. The van der Waals surface area contributed by atoms with Gasteiger partial charge in [0.2, 0.25) is 0 Å². The molecule has 0 bridgehead atoms. The molecule has 0 spiro atoms. The minimum absolute atomic E-state index is 0.0227. The Bertz CT molecular complexity index is 450. The third-order valence-corrected chi connectivity index (χ3v) is 2.42. The summed E-state index contributed by atoms with van der Waals surface area (Å²) in [6, 6.07) is 0. The van der Waals surface area contributed by atoms with Crippen molar-refractivity contribution in [3.63, 3.8) is 0 Å². The van der Waals surface area contributed by atoms with Crippen molar-refractivity contribution in [3.05, 3.63) is 21.6 Å². The topological polar surface area (TPSA) is 67.2 Å². The predicted molar refractivity (Wildman–Crippen MR) is 59.7 cm³/mol. The maximum atomic E-state index is 12.8. The number of nitrogens with zero attached hydrogens (tertiary/aromatic N) is 2. The van der Waals surface area contributed by atoms with E-state index in [2.05, 4.69) is 10.4 Å². The van der Waals surface area contributed by atoms with Gasteiger partial charge in [0.25, 0.3) is 11.5 Å². The van der Waals surface area contributed by atoms with Crippen molar-refractivity contribution in [1.82, 2.24) is 9.78 Å². The molecule has 1 heterocycles. The van der Waals surface area contributed by atoms with Crippen LogP contribution in [0.2, 0.25) is 5.02 Å². The van der Waals surface area contributed by atoms with Gasteiger partial charge in [0.1, 0.15) is 11.6 Å². The molecular weight excluding hydrogens is 256 g/mol. The molecule has 0 aliphatic rings. The van der Waals surface area contributed by atoms with E-state index in [0.717, 1.165) is 4.68 Å². The van der Waals surface area contributed by atoms with Gasteiger partial charge in [-0.2, -0.15) is 5.10 Å². The van der Waals surface area contributed by atoms with Gasteiger partial charge in [-0.1, -0.05) is 11.6 Å². The van der Waals surface area contributed by atoms with Crippen molar-refractivity contribution < 1.29 is 13.9 Å². The lowest BCUT2D eigenvalue weighted by Crippen LogP contribution is -2.32. The zero-order valence-corrected chi connectivity index (χ0v) is 9.84. The number of rotatable bonds is 5. The zero-order valence-electron chi connectivity index (χ0n) is 9.08. The van der Waals surface area contributed by atoms with Gasteiger partial charge in [-0.25, -0.2) is 13.5 Å². The van der Waals surface area contributed by atoms with E-state index in [1.54, 1.807) is 6.92 Å². The van der Waals surface area contributed by atoms with Crippen LogP contribution < -0.4 is 10.9 Å². The van der Waals surface area contributed by atoms with Crippen LogP contribution in [0.15, 0.2) is 11.0 Å². The summed E-state index contributed by atoms with van der Waals surface area (Å²) >= 11 is 5.71. The first-order valence-corrected chi connectivity index (χ1v) is 5.27. The number of aromatic nitrogens is 2. The standard InChI is InChI=1S/C9H12ClF2N3O2/c1-2-15-8(17)7(10)6(3-14-15)13-4-9(11,12)5-16/h3,13,16H,2,4-5H2,1H3. The lowest BCUT2D eigenvalue weighted by Gasteiger charge is -2.15. The van der Waals surface area contributed by atoms with Gasteiger partial charge in [0.15, 0.2) is 0 Å². The first-order valence-electron chi connectivity index (χ1n) is 4.89. The number of anilines is 1. The summed E-state index contributed by atoms with van der Waals surface area (Å²) in [6.07, 6.45) is 1.20. The molecule has 0 fully saturated rings. The van der Waals surface area contributed by atoms with E-state index in [1.165, 1.54) is 6.20 Å². The van der Waals surface area contributed by atoms with E-state index in [4.69, 9.17) is 16.7 Å². The van der Waals surface area contributed by atoms with Gasteiger partial charge in [-0.05, 0) is 6.92 Å². The number of alkyl halides is 2. The maximum Gasteiger partial charge on any atom is 0.287 e. The van der Waals surface area contributed by atoms with Crippen LogP contribution in [-0.4, -0.2) is 34.0 Å². The molecule has 1 aromatic rings. The average Bonchev–Trinajstić information content (AvgIpc) is 2.31. The molecule has 0 saturated carbocycles. The number of halogens is 3. The first kappa shape index (κ1) is 13.9. The molecule has 0 aliphatic carbocycles. The van der Waals surface area contributed by atoms with E-state index >= 15 is 0 Å². The predicted octanol–water partition coefficient (Wildman–Crippen LogP) is 0.956. The van der Waals surface area contributed by atoms with Crippen LogP contribution in [0.1, 0.15) is 6.92 Å². The highest BCUT2D eigenvalue weighted by molar-refractivity contribution is 6.32. The lowest BCUT2D eigenvalue weighted by molar-refractivity contribution is -0.0372. The number of aliphatic hydroxyl groups excluding tert-OH is 1. The summed E-state index contributed by atoms with van der Waals surface area (Å²) in [5.41, 5.74) is -0.527. The van der Waals surface area contributed by atoms with Gasteiger partial charge in [-0.3, -0.25) is 4.79 Å². The first-order chi connectivity index (χ1) is 7.91. The Labute approximate surface area is 101 Å². The highest BCUT2D eigenvalue weighted by atomic mass is 35.5. The minimum atomic E-state index is -3.27. The smallest absolute Gasteiger partial charge is 0.287 e. The monoisotopic (exact) mass is 267 g/mol. The third-order valence-electron chi connectivity index (χ3n) is 2.05. The molecule has 0 aliphatic heterocycles. The highest BCUT2D eigenvalue weighted by Gasteiger charge is 2.27. The summed E-state index contributed by atoms with van der Waals surface area (Å²) in [6.45, 7) is -0.0546. The molecule has 5 nitrogen and oxygen atoms in total. The van der Waals surface area contributed by atoms with E-state index < -0.39 is 24.6 Å². The summed E-state index contributed by atoms with van der Waals surface area (Å²) < 4.78 is 26.6. The van der Waals surface area contributed by atoms with Crippen molar-refractivity contribution >= 4 is 17.3 Å². The van der Waals surface area contributed by atoms with Crippen LogP contribution >= 0.6 is 11.6 Å². The normalized spacial score (nSPS) is 11.6. The van der Waals surface area contributed by atoms with E-state index in [9.17, 15) is 13.6 Å². The van der Waals surface area contributed by atoms with Gasteiger partial charge in [0.05, 0.1) is 18.4 Å².